The van der Waals surface area contributed by atoms with Gasteiger partial charge in [-0.15, -0.1) is 5.10 Å². The first-order chi connectivity index (χ1) is 9.38. The summed E-state index contributed by atoms with van der Waals surface area (Å²) in [7, 11) is 0. The quantitative estimate of drug-likeness (QED) is 0.695. The Bertz CT molecular complexity index is 511. The lowest BCUT2D eigenvalue weighted by Gasteiger charge is -2.08. The van der Waals surface area contributed by atoms with Crippen LogP contribution in [0.4, 0.5) is 4.79 Å². The fourth-order valence-electron chi connectivity index (χ4n) is 1.99. The topological polar surface area (TPSA) is 109 Å². The highest BCUT2D eigenvalue weighted by atomic mass is 16.4. The number of hydrogen-bond donors (Lipinski definition) is 3. The molecule has 8 heteroatoms. The molecule has 1 aliphatic carbocycles. The highest BCUT2D eigenvalue weighted by Crippen LogP contribution is 2.50. The number of aromatic carboxylic acids is 1. The third-order valence-electron chi connectivity index (χ3n) is 3.61. The van der Waals surface area contributed by atoms with Crippen LogP contribution in [0.1, 0.15) is 30.8 Å². The Hall–Kier alpha value is -2.12. The number of carbonyl (C=O) groups excluding carboxylic acids is 1. The normalized spacial score (nSPS) is 19.4. The first-order valence-electron chi connectivity index (χ1n) is 6.53. The molecule has 1 aliphatic rings. The Balaban J connectivity index is 1.62. The molecular weight excluding hydrogens is 262 g/mol. The Morgan fingerprint density at radius 2 is 2.20 bits per heavy atom. The zero-order valence-corrected chi connectivity index (χ0v) is 11.6. The van der Waals surface area contributed by atoms with Crippen LogP contribution in [0.3, 0.4) is 0 Å². The van der Waals surface area contributed by atoms with Gasteiger partial charge in [0.25, 0.3) is 0 Å². The number of urea groups is 1. The molecule has 3 N–H and O–H groups in total. The van der Waals surface area contributed by atoms with Crippen LogP contribution < -0.4 is 10.6 Å². The van der Waals surface area contributed by atoms with Crippen molar-refractivity contribution >= 4 is 12.0 Å². The smallest absolute Gasteiger partial charge is 0.358 e. The summed E-state index contributed by atoms with van der Waals surface area (Å²) in [5.41, 5.74) is 0.242. The molecule has 0 aromatic carbocycles. The van der Waals surface area contributed by atoms with E-state index in [4.69, 9.17) is 5.11 Å². The van der Waals surface area contributed by atoms with E-state index in [2.05, 4.69) is 34.8 Å². The molecule has 0 radical (unpaired) electrons. The fourth-order valence-corrected chi connectivity index (χ4v) is 1.99. The van der Waals surface area contributed by atoms with Gasteiger partial charge in [0.1, 0.15) is 0 Å². The zero-order valence-electron chi connectivity index (χ0n) is 11.6. The standard InChI is InChI=1S/C12H19N5O3/c1-12(2)5-8(12)6-14-11(20)13-3-4-17-7-9(10(18)19)15-16-17/h7-8H,3-6H2,1-2H3,(H,18,19)(H2,13,14,20). The van der Waals surface area contributed by atoms with Crippen LogP contribution >= 0.6 is 0 Å². The lowest BCUT2D eigenvalue weighted by atomic mass is 10.1. The summed E-state index contributed by atoms with van der Waals surface area (Å²) in [6.45, 7) is 5.79. The Morgan fingerprint density at radius 3 is 2.75 bits per heavy atom. The molecule has 1 saturated carbocycles. The number of carboxylic acid groups (broad SMARTS) is 1. The molecule has 2 rings (SSSR count). The van der Waals surface area contributed by atoms with E-state index in [0.717, 1.165) is 6.42 Å². The van der Waals surface area contributed by atoms with E-state index >= 15 is 0 Å². The van der Waals surface area contributed by atoms with Gasteiger partial charge in [-0.05, 0) is 17.8 Å². The van der Waals surface area contributed by atoms with Crippen molar-refractivity contribution in [2.24, 2.45) is 11.3 Å². The van der Waals surface area contributed by atoms with Gasteiger partial charge in [0.05, 0.1) is 12.7 Å². The Labute approximate surface area is 116 Å². The van der Waals surface area contributed by atoms with Crippen LogP contribution in [0, 0.1) is 11.3 Å². The number of rotatable bonds is 6. The highest BCUT2D eigenvalue weighted by molar-refractivity contribution is 5.84. The van der Waals surface area contributed by atoms with E-state index in [0.29, 0.717) is 31.0 Å². The van der Waals surface area contributed by atoms with E-state index in [9.17, 15) is 9.59 Å². The Morgan fingerprint density at radius 1 is 1.50 bits per heavy atom. The molecule has 110 valence electrons. The maximum absolute atomic E-state index is 11.5. The average molecular weight is 281 g/mol. The van der Waals surface area contributed by atoms with Gasteiger partial charge in [-0.3, -0.25) is 0 Å². The number of nitrogens with zero attached hydrogens (tertiary/aromatic N) is 3. The lowest BCUT2D eigenvalue weighted by Crippen LogP contribution is -2.38. The number of nitrogens with one attached hydrogen (secondary N) is 2. The monoisotopic (exact) mass is 281 g/mol. The summed E-state index contributed by atoms with van der Waals surface area (Å²) in [6.07, 6.45) is 2.47. The minimum Gasteiger partial charge on any atom is -0.476 e. The largest absolute Gasteiger partial charge is 0.476 e. The van der Waals surface area contributed by atoms with Crippen molar-refractivity contribution in [1.82, 2.24) is 25.6 Å². The molecule has 1 unspecified atom stereocenters. The Kier molecular flexibility index (Phi) is 3.91. The SMILES string of the molecule is CC1(C)CC1CNC(=O)NCCn1cc(C(=O)O)nn1. The second kappa shape index (κ2) is 5.48. The van der Waals surface area contributed by atoms with Crippen molar-refractivity contribution in [2.45, 2.75) is 26.8 Å². The molecule has 20 heavy (non-hydrogen) atoms. The maximum Gasteiger partial charge on any atom is 0.358 e. The minimum absolute atomic E-state index is 0.106. The summed E-state index contributed by atoms with van der Waals surface area (Å²) >= 11 is 0. The first kappa shape index (κ1) is 14.3. The van der Waals surface area contributed by atoms with Crippen molar-refractivity contribution in [3.8, 4) is 0 Å². The van der Waals surface area contributed by atoms with E-state index in [1.54, 1.807) is 0 Å². The fraction of sp³-hybridized carbons (Fsp3) is 0.667. The maximum atomic E-state index is 11.5. The van der Waals surface area contributed by atoms with Crippen molar-refractivity contribution in [2.75, 3.05) is 13.1 Å². The molecule has 1 heterocycles. The second-order valence-corrected chi connectivity index (χ2v) is 5.70. The molecule has 0 spiro atoms. The highest BCUT2D eigenvalue weighted by Gasteiger charge is 2.45. The van der Waals surface area contributed by atoms with Crippen molar-refractivity contribution in [3.63, 3.8) is 0 Å². The predicted molar refractivity (Wildman–Crippen MR) is 70.3 cm³/mol. The molecule has 0 bridgehead atoms. The molecule has 1 aromatic heterocycles. The molecule has 0 saturated heterocycles. The first-order valence-corrected chi connectivity index (χ1v) is 6.53. The van der Waals surface area contributed by atoms with Gasteiger partial charge >= 0.3 is 12.0 Å². The number of hydrogen-bond acceptors (Lipinski definition) is 4. The third kappa shape index (κ3) is 3.69. The van der Waals surface area contributed by atoms with Gasteiger partial charge in [0.15, 0.2) is 5.69 Å². The lowest BCUT2D eigenvalue weighted by molar-refractivity contribution is 0.0690. The van der Waals surface area contributed by atoms with Gasteiger partial charge in [-0.25, -0.2) is 14.3 Å². The second-order valence-electron chi connectivity index (χ2n) is 5.70. The number of aromatic nitrogens is 3. The average Bonchev–Trinajstić information content (AvgIpc) is 2.76. The number of carboxylic acids is 1. The summed E-state index contributed by atoms with van der Waals surface area (Å²) < 4.78 is 1.38. The van der Waals surface area contributed by atoms with Crippen LogP contribution in [0.5, 0.6) is 0 Å². The van der Waals surface area contributed by atoms with E-state index in [1.807, 2.05) is 0 Å². The summed E-state index contributed by atoms with van der Waals surface area (Å²) in [5, 5.41) is 21.3. The summed E-state index contributed by atoms with van der Waals surface area (Å²) in [5.74, 6) is -0.560. The third-order valence-corrected chi connectivity index (χ3v) is 3.61. The van der Waals surface area contributed by atoms with Crippen molar-refractivity contribution in [1.29, 1.82) is 0 Å². The molecule has 1 atom stereocenters. The molecular formula is C12H19N5O3. The molecule has 2 amide bonds. The number of carbonyl (C=O) groups is 2. The van der Waals surface area contributed by atoms with Gasteiger partial charge < -0.3 is 15.7 Å². The van der Waals surface area contributed by atoms with Crippen LogP contribution in [0.25, 0.3) is 0 Å². The van der Waals surface area contributed by atoms with Crippen molar-refractivity contribution in [3.05, 3.63) is 11.9 Å². The summed E-state index contributed by atoms with van der Waals surface area (Å²) in [4.78, 5) is 22.1. The van der Waals surface area contributed by atoms with Gasteiger partial charge in [0, 0.05) is 13.1 Å². The van der Waals surface area contributed by atoms with Crippen LogP contribution in [-0.2, 0) is 6.54 Å². The summed E-state index contributed by atoms with van der Waals surface area (Å²) in [6, 6.07) is -0.216. The predicted octanol–water partition coefficient (Wildman–Crippen LogP) is 0.322. The molecule has 1 fully saturated rings. The van der Waals surface area contributed by atoms with Crippen LogP contribution in [0.2, 0.25) is 0 Å². The van der Waals surface area contributed by atoms with Crippen molar-refractivity contribution < 1.29 is 14.7 Å². The van der Waals surface area contributed by atoms with Gasteiger partial charge in [-0.2, -0.15) is 0 Å². The van der Waals surface area contributed by atoms with E-state index < -0.39 is 5.97 Å². The van der Waals surface area contributed by atoms with E-state index in [-0.39, 0.29) is 11.7 Å². The molecule has 1 aromatic rings. The minimum atomic E-state index is -1.12. The number of amides is 2. The zero-order chi connectivity index (χ0) is 14.8. The molecule has 8 nitrogen and oxygen atoms in total. The molecule has 0 aliphatic heterocycles. The van der Waals surface area contributed by atoms with Crippen LogP contribution in [0.15, 0.2) is 6.20 Å². The van der Waals surface area contributed by atoms with Crippen LogP contribution in [-0.4, -0.2) is 45.2 Å². The van der Waals surface area contributed by atoms with Gasteiger partial charge in [-0.1, -0.05) is 19.1 Å². The van der Waals surface area contributed by atoms with Gasteiger partial charge in [0.2, 0.25) is 0 Å². The van der Waals surface area contributed by atoms with E-state index in [1.165, 1.54) is 10.9 Å².